The van der Waals surface area contributed by atoms with E-state index in [9.17, 15) is 0 Å². The van der Waals surface area contributed by atoms with E-state index in [4.69, 9.17) is 31.5 Å². The van der Waals surface area contributed by atoms with Crippen LogP contribution in [0.2, 0.25) is 5.02 Å². The molecule has 0 fully saturated rings. The number of nitrogens with two attached hydrogens (primary N) is 1. The van der Waals surface area contributed by atoms with Gasteiger partial charge in [0, 0.05) is 6.54 Å². The van der Waals surface area contributed by atoms with Crippen LogP contribution in [0, 0.1) is 0 Å². The summed E-state index contributed by atoms with van der Waals surface area (Å²) in [6.45, 7) is 3.49. The summed E-state index contributed by atoms with van der Waals surface area (Å²) in [6.07, 6.45) is 0.836. The Balaban J connectivity index is 1.89. The molecule has 3 N–H and O–H groups in total. The van der Waals surface area contributed by atoms with Crippen LogP contribution in [0.25, 0.3) is 0 Å². The zero-order chi connectivity index (χ0) is 19.6. The molecular formula is C20H26ClN3O3. The monoisotopic (exact) mass is 391 g/mol. The number of halogens is 1. The summed E-state index contributed by atoms with van der Waals surface area (Å²) in [5, 5.41) is 3.61. The maximum absolute atomic E-state index is 6.27. The number of nitrogens with one attached hydrogen (secondary N) is 1. The van der Waals surface area contributed by atoms with Crippen molar-refractivity contribution in [3.63, 3.8) is 0 Å². The average Bonchev–Trinajstić information content (AvgIpc) is 2.68. The van der Waals surface area contributed by atoms with Gasteiger partial charge in [0.2, 0.25) is 0 Å². The Kier molecular flexibility index (Phi) is 8.07. The van der Waals surface area contributed by atoms with Gasteiger partial charge in [-0.3, -0.25) is 0 Å². The minimum atomic E-state index is 0.382. The number of hydrogen-bond acceptors (Lipinski definition) is 4. The van der Waals surface area contributed by atoms with Crippen LogP contribution in [0.3, 0.4) is 0 Å². The van der Waals surface area contributed by atoms with Crippen LogP contribution in [-0.2, 0) is 13.0 Å². The Morgan fingerprint density at radius 3 is 2.48 bits per heavy atom. The highest BCUT2D eigenvalue weighted by molar-refractivity contribution is 6.32. The molecule has 0 atom stereocenters. The van der Waals surface area contributed by atoms with E-state index in [1.807, 2.05) is 43.3 Å². The Hall–Kier alpha value is -2.60. The van der Waals surface area contributed by atoms with Crippen LogP contribution in [0.1, 0.15) is 18.1 Å². The van der Waals surface area contributed by atoms with Gasteiger partial charge >= 0.3 is 0 Å². The lowest BCUT2D eigenvalue weighted by atomic mass is 10.1. The molecule has 0 aliphatic carbocycles. The Bertz CT molecular complexity index is 764. The fourth-order valence-electron chi connectivity index (χ4n) is 2.51. The lowest BCUT2D eigenvalue weighted by molar-refractivity contribution is 0.311. The van der Waals surface area contributed by atoms with E-state index < -0.39 is 0 Å². The van der Waals surface area contributed by atoms with Gasteiger partial charge in [-0.05, 0) is 48.7 Å². The van der Waals surface area contributed by atoms with Gasteiger partial charge in [0.1, 0.15) is 5.75 Å². The molecule has 0 radical (unpaired) electrons. The SMILES string of the molecule is CCOc1c(Cl)cc(CN=C(N)NCCc2ccc(OC)cc2)cc1OC. The molecule has 0 amide bonds. The van der Waals surface area contributed by atoms with Crippen molar-refractivity contribution in [3.05, 3.63) is 52.5 Å². The van der Waals surface area contributed by atoms with Gasteiger partial charge in [0.25, 0.3) is 0 Å². The largest absolute Gasteiger partial charge is 0.497 e. The van der Waals surface area contributed by atoms with Crippen molar-refractivity contribution in [2.24, 2.45) is 10.7 Å². The smallest absolute Gasteiger partial charge is 0.188 e. The molecular weight excluding hydrogens is 366 g/mol. The van der Waals surface area contributed by atoms with E-state index in [1.165, 1.54) is 5.56 Å². The summed E-state index contributed by atoms with van der Waals surface area (Å²) in [5.74, 6) is 2.35. The second kappa shape index (κ2) is 10.5. The lowest BCUT2D eigenvalue weighted by Crippen LogP contribution is -2.33. The van der Waals surface area contributed by atoms with Crippen LogP contribution in [-0.4, -0.2) is 33.3 Å². The van der Waals surface area contributed by atoms with Crippen LogP contribution < -0.4 is 25.3 Å². The van der Waals surface area contributed by atoms with Crippen LogP contribution in [0.5, 0.6) is 17.2 Å². The van der Waals surface area contributed by atoms with Gasteiger partial charge in [-0.1, -0.05) is 23.7 Å². The molecule has 6 nitrogen and oxygen atoms in total. The fourth-order valence-corrected chi connectivity index (χ4v) is 2.80. The van der Waals surface area contributed by atoms with Gasteiger partial charge in [0.05, 0.1) is 32.4 Å². The molecule has 0 bridgehead atoms. The molecule has 0 aliphatic heterocycles. The standard InChI is InChI=1S/C20H26ClN3O3/c1-4-27-19-17(21)11-15(12-18(19)26-3)13-24-20(22)23-10-9-14-5-7-16(25-2)8-6-14/h5-8,11-12H,4,9-10,13H2,1-3H3,(H3,22,23,24). The number of rotatable bonds is 9. The van der Waals surface area contributed by atoms with E-state index in [0.717, 1.165) is 17.7 Å². The minimum Gasteiger partial charge on any atom is -0.497 e. The minimum absolute atomic E-state index is 0.382. The molecule has 0 aliphatic rings. The van der Waals surface area contributed by atoms with Crippen LogP contribution in [0.4, 0.5) is 0 Å². The molecule has 27 heavy (non-hydrogen) atoms. The molecule has 2 aromatic rings. The predicted molar refractivity (Wildman–Crippen MR) is 109 cm³/mol. The normalized spacial score (nSPS) is 11.2. The first kappa shape index (κ1) is 20.7. The summed E-state index contributed by atoms with van der Waals surface area (Å²) < 4.78 is 16.0. The molecule has 0 saturated carbocycles. The van der Waals surface area contributed by atoms with Crippen molar-refractivity contribution in [2.45, 2.75) is 19.9 Å². The predicted octanol–water partition coefficient (Wildman–Crippen LogP) is 3.40. The van der Waals surface area contributed by atoms with Crippen molar-refractivity contribution in [1.82, 2.24) is 5.32 Å². The molecule has 2 rings (SSSR count). The second-order valence-corrected chi connectivity index (χ2v) is 6.18. The fraction of sp³-hybridized carbons (Fsp3) is 0.350. The van der Waals surface area contributed by atoms with Gasteiger partial charge in [0.15, 0.2) is 17.5 Å². The third kappa shape index (κ3) is 6.25. The van der Waals surface area contributed by atoms with Gasteiger partial charge in [-0.2, -0.15) is 0 Å². The van der Waals surface area contributed by atoms with Crippen molar-refractivity contribution >= 4 is 17.6 Å². The van der Waals surface area contributed by atoms with E-state index in [1.54, 1.807) is 14.2 Å². The average molecular weight is 392 g/mol. The highest BCUT2D eigenvalue weighted by Gasteiger charge is 2.11. The zero-order valence-electron chi connectivity index (χ0n) is 15.9. The Morgan fingerprint density at radius 1 is 1.11 bits per heavy atom. The summed E-state index contributed by atoms with van der Waals surface area (Å²) in [5.41, 5.74) is 8.03. The maximum atomic E-state index is 6.27. The first-order chi connectivity index (χ1) is 13.1. The maximum Gasteiger partial charge on any atom is 0.188 e. The highest BCUT2D eigenvalue weighted by Crippen LogP contribution is 2.36. The third-order valence-corrected chi connectivity index (χ3v) is 4.17. The second-order valence-electron chi connectivity index (χ2n) is 5.77. The Labute approximate surface area is 165 Å². The molecule has 7 heteroatoms. The number of nitrogens with zero attached hydrogens (tertiary/aromatic N) is 1. The van der Waals surface area contributed by atoms with Gasteiger partial charge < -0.3 is 25.3 Å². The summed E-state index contributed by atoms with van der Waals surface area (Å²) in [7, 11) is 3.23. The Morgan fingerprint density at radius 2 is 1.85 bits per heavy atom. The first-order valence-electron chi connectivity index (χ1n) is 8.73. The van der Waals surface area contributed by atoms with E-state index in [0.29, 0.717) is 42.2 Å². The van der Waals surface area contributed by atoms with Crippen molar-refractivity contribution in [2.75, 3.05) is 27.4 Å². The molecule has 0 aromatic heterocycles. The number of aliphatic imine (C=N–C) groups is 1. The molecule has 0 spiro atoms. The molecule has 0 heterocycles. The van der Waals surface area contributed by atoms with Crippen LogP contribution >= 0.6 is 11.6 Å². The van der Waals surface area contributed by atoms with Gasteiger partial charge in [-0.15, -0.1) is 0 Å². The van der Waals surface area contributed by atoms with Crippen LogP contribution in [0.15, 0.2) is 41.4 Å². The highest BCUT2D eigenvalue weighted by atomic mass is 35.5. The lowest BCUT2D eigenvalue weighted by Gasteiger charge is -2.12. The summed E-state index contributed by atoms with van der Waals surface area (Å²) >= 11 is 6.27. The van der Waals surface area contributed by atoms with E-state index in [2.05, 4.69) is 10.3 Å². The summed E-state index contributed by atoms with van der Waals surface area (Å²) in [6, 6.07) is 11.6. The number of methoxy groups -OCH3 is 2. The number of benzene rings is 2. The zero-order valence-corrected chi connectivity index (χ0v) is 16.7. The quantitative estimate of drug-likeness (QED) is 0.506. The number of ether oxygens (including phenoxy) is 3. The van der Waals surface area contributed by atoms with Crippen molar-refractivity contribution in [1.29, 1.82) is 0 Å². The molecule has 2 aromatic carbocycles. The first-order valence-corrected chi connectivity index (χ1v) is 9.11. The summed E-state index contributed by atoms with van der Waals surface area (Å²) in [4.78, 5) is 4.35. The topological polar surface area (TPSA) is 78.1 Å². The molecule has 0 saturated heterocycles. The van der Waals surface area contributed by atoms with Crippen molar-refractivity contribution < 1.29 is 14.2 Å². The molecule has 0 unspecified atom stereocenters. The molecule has 146 valence electrons. The van der Waals surface area contributed by atoms with E-state index in [-0.39, 0.29) is 0 Å². The van der Waals surface area contributed by atoms with Crippen molar-refractivity contribution in [3.8, 4) is 17.2 Å². The third-order valence-electron chi connectivity index (χ3n) is 3.89. The number of guanidine groups is 1. The van der Waals surface area contributed by atoms with Gasteiger partial charge in [-0.25, -0.2) is 4.99 Å². The van der Waals surface area contributed by atoms with E-state index >= 15 is 0 Å². The number of hydrogen-bond donors (Lipinski definition) is 2.